The summed E-state index contributed by atoms with van der Waals surface area (Å²) in [6.45, 7) is 4.40. The van der Waals surface area contributed by atoms with Crippen molar-refractivity contribution in [2.45, 2.75) is 20.0 Å². The molecule has 0 aromatic carbocycles. The number of aromatic nitrogens is 4. The summed E-state index contributed by atoms with van der Waals surface area (Å²) in [6.07, 6.45) is 5.28. The molecule has 0 spiro atoms. The molecule has 102 valence electrons. The van der Waals surface area contributed by atoms with E-state index in [1.807, 2.05) is 29.9 Å². The van der Waals surface area contributed by atoms with E-state index in [1.165, 1.54) is 0 Å². The van der Waals surface area contributed by atoms with Gasteiger partial charge in [-0.05, 0) is 19.1 Å². The van der Waals surface area contributed by atoms with E-state index in [1.54, 1.807) is 17.3 Å². The SMILES string of the molecule is CCN(CCn1cccn1)C(=O)NCc1ccn[nH]1. The molecule has 0 unspecified atom stereocenters. The number of H-pyrrole nitrogens is 1. The van der Waals surface area contributed by atoms with Crippen molar-refractivity contribution in [3.05, 3.63) is 36.4 Å². The normalized spacial score (nSPS) is 10.4. The maximum absolute atomic E-state index is 12.0. The number of nitrogens with zero attached hydrogens (tertiary/aromatic N) is 4. The van der Waals surface area contributed by atoms with Crippen molar-refractivity contribution in [3.63, 3.8) is 0 Å². The number of hydrogen-bond acceptors (Lipinski definition) is 3. The second-order valence-corrected chi connectivity index (χ2v) is 4.09. The first kappa shape index (κ1) is 13.1. The summed E-state index contributed by atoms with van der Waals surface area (Å²) in [6, 6.07) is 3.62. The lowest BCUT2D eigenvalue weighted by atomic mass is 10.4. The number of nitrogens with one attached hydrogen (secondary N) is 2. The first-order valence-electron chi connectivity index (χ1n) is 6.28. The van der Waals surface area contributed by atoms with Gasteiger partial charge in [0.1, 0.15) is 0 Å². The highest BCUT2D eigenvalue weighted by Gasteiger charge is 2.11. The van der Waals surface area contributed by atoms with Crippen LogP contribution in [-0.2, 0) is 13.1 Å². The van der Waals surface area contributed by atoms with Crippen LogP contribution in [0.1, 0.15) is 12.6 Å². The number of aromatic amines is 1. The molecule has 0 aliphatic carbocycles. The third-order valence-corrected chi connectivity index (χ3v) is 2.82. The van der Waals surface area contributed by atoms with Crippen LogP contribution in [-0.4, -0.2) is 44.0 Å². The highest BCUT2D eigenvalue weighted by Crippen LogP contribution is 1.95. The minimum absolute atomic E-state index is 0.0794. The van der Waals surface area contributed by atoms with Crippen molar-refractivity contribution >= 4 is 6.03 Å². The summed E-state index contributed by atoms with van der Waals surface area (Å²) in [5, 5.41) is 13.6. The fourth-order valence-corrected chi connectivity index (χ4v) is 1.72. The zero-order valence-corrected chi connectivity index (χ0v) is 10.9. The van der Waals surface area contributed by atoms with Crippen LogP contribution >= 0.6 is 0 Å². The van der Waals surface area contributed by atoms with Gasteiger partial charge in [-0.25, -0.2) is 4.79 Å². The lowest BCUT2D eigenvalue weighted by Gasteiger charge is -2.21. The topological polar surface area (TPSA) is 78.8 Å². The zero-order chi connectivity index (χ0) is 13.5. The lowest BCUT2D eigenvalue weighted by molar-refractivity contribution is 0.197. The van der Waals surface area contributed by atoms with Gasteiger partial charge in [-0.1, -0.05) is 0 Å². The molecule has 0 saturated heterocycles. The van der Waals surface area contributed by atoms with E-state index >= 15 is 0 Å². The van der Waals surface area contributed by atoms with Crippen LogP contribution in [0.15, 0.2) is 30.7 Å². The molecule has 2 heterocycles. The van der Waals surface area contributed by atoms with Crippen LogP contribution in [0, 0.1) is 0 Å². The Morgan fingerprint density at radius 1 is 1.53 bits per heavy atom. The Bertz CT molecular complexity index is 478. The Morgan fingerprint density at radius 3 is 3.05 bits per heavy atom. The van der Waals surface area contributed by atoms with Crippen molar-refractivity contribution in [3.8, 4) is 0 Å². The molecule has 19 heavy (non-hydrogen) atoms. The molecule has 0 atom stereocenters. The van der Waals surface area contributed by atoms with Gasteiger partial charge in [0.2, 0.25) is 0 Å². The quantitative estimate of drug-likeness (QED) is 0.809. The molecule has 0 bridgehead atoms. The molecule has 0 radical (unpaired) electrons. The Kier molecular flexibility index (Phi) is 4.54. The molecular weight excluding hydrogens is 244 g/mol. The maximum atomic E-state index is 12.0. The molecule has 0 fully saturated rings. The molecule has 2 aromatic rings. The van der Waals surface area contributed by atoms with E-state index in [2.05, 4.69) is 20.6 Å². The van der Waals surface area contributed by atoms with Crippen LogP contribution in [0.2, 0.25) is 0 Å². The fourth-order valence-electron chi connectivity index (χ4n) is 1.72. The van der Waals surface area contributed by atoms with E-state index in [4.69, 9.17) is 0 Å². The fraction of sp³-hybridized carbons (Fsp3) is 0.417. The molecule has 0 aliphatic rings. The largest absolute Gasteiger partial charge is 0.332 e. The summed E-state index contributed by atoms with van der Waals surface area (Å²) in [4.78, 5) is 13.7. The van der Waals surface area contributed by atoms with Crippen molar-refractivity contribution in [1.82, 2.24) is 30.2 Å². The predicted octanol–water partition coefficient (Wildman–Crippen LogP) is 0.838. The van der Waals surface area contributed by atoms with E-state index in [0.29, 0.717) is 26.2 Å². The second kappa shape index (κ2) is 6.58. The van der Waals surface area contributed by atoms with Crippen LogP contribution < -0.4 is 5.32 Å². The molecular formula is C12H18N6O. The number of rotatable bonds is 6. The van der Waals surface area contributed by atoms with Crippen molar-refractivity contribution in [2.75, 3.05) is 13.1 Å². The third-order valence-electron chi connectivity index (χ3n) is 2.82. The van der Waals surface area contributed by atoms with Gasteiger partial charge in [0, 0.05) is 31.7 Å². The highest BCUT2D eigenvalue weighted by molar-refractivity contribution is 5.74. The summed E-state index contributed by atoms with van der Waals surface area (Å²) < 4.78 is 1.81. The van der Waals surface area contributed by atoms with Crippen molar-refractivity contribution in [2.24, 2.45) is 0 Å². The van der Waals surface area contributed by atoms with Crippen LogP contribution in [0.3, 0.4) is 0 Å². The predicted molar refractivity (Wildman–Crippen MR) is 70.3 cm³/mol. The highest BCUT2D eigenvalue weighted by atomic mass is 16.2. The van der Waals surface area contributed by atoms with Crippen molar-refractivity contribution < 1.29 is 4.79 Å². The molecule has 7 nitrogen and oxygen atoms in total. The van der Waals surface area contributed by atoms with Gasteiger partial charge in [-0.15, -0.1) is 0 Å². The number of likely N-dealkylation sites (N-methyl/N-ethyl adjacent to an activating group) is 1. The van der Waals surface area contributed by atoms with Crippen LogP contribution in [0.5, 0.6) is 0 Å². The van der Waals surface area contributed by atoms with Gasteiger partial charge in [-0.2, -0.15) is 10.2 Å². The van der Waals surface area contributed by atoms with E-state index in [-0.39, 0.29) is 6.03 Å². The number of urea groups is 1. The van der Waals surface area contributed by atoms with Gasteiger partial charge in [-0.3, -0.25) is 9.78 Å². The molecule has 0 saturated carbocycles. The molecule has 2 amide bonds. The average molecular weight is 262 g/mol. The second-order valence-electron chi connectivity index (χ2n) is 4.09. The first-order valence-corrected chi connectivity index (χ1v) is 6.28. The van der Waals surface area contributed by atoms with E-state index in [0.717, 1.165) is 5.69 Å². The zero-order valence-electron chi connectivity index (χ0n) is 10.9. The number of carbonyl (C=O) groups is 1. The minimum Gasteiger partial charge on any atom is -0.332 e. The maximum Gasteiger partial charge on any atom is 0.317 e. The minimum atomic E-state index is -0.0794. The number of carbonyl (C=O) groups excluding carboxylic acids is 1. The van der Waals surface area contributed by atoms with Crippen LogP contribution in [0.4, 0.5) is 4.79 Å². The first-order chi connectivity index (χ1) is 9.29. The van der Waals surface area contributed by atoms with Gasteiger partial charge in [0.15, 0.2) is 0 Å². The summed E-state index contributed by atoms with van der Waals surface area (Å²) in [5.74, 6) is 0. The Balaban J connectivity index is 1.78. The van der Waals surface area contributed by atoms with Gasteiger partial charge >= 0.3 is 6.03 Å². The van der Waals surface area contributed by atoms with Gasteiger partial charge < -0.3 is 10.2 Å². The molecule has 2 N–H and O–H groups in total. The summed E-state index contributed by atoms with van der Waals surface area (Å²) >= 11 is 0. The molecule has 0 aliphatic heterocycles. The van der Waals surface area contributed by atoms with Crippen LogP contribution in [0.25, 0.3) is 0 Å². The summed E-state index contributed by atoms with van der Waals surface area (Å²) in [7, 11) is 0. The smallest absolute Gasteiger partial charge is 0.317 e. The number of hydrogen-bond donors (Lipinski definition) is 2. The van der Waals surface area contributed by atoms with Crippen molar-refractivity contribution in [1.29, 1.82) is 0 Å². The Labute approximate surface area is 111 Å². The van der Waals surface area contributed by atoms with Gasteiger partial charge in [0.25, 0.3) is 0 Å². The Hall–Kier alpha value is -2.31. The van der Waals surface area contributed by atoms with E-state index in [9.17, 15) is 4.79 Å². The summed E-state index contributed by atoms with van der Waals surface area (Å²) in [5.41, 5.74) is 0.886. The average Bonchev–Trinajstić information content (AvgIpc) is 3.10. The third kappa shape index (κ3) is 3.84. The monoisotopic (exact) mass is 262 g/mol. The molecule has 2 aromatic heterocycles. The lowest BCUT2D eigenvalue weighted by Crippen LogP contribution is -2.41. The molecule has 2 rings (SSSR count). The Morgan fingerprint density at radius 2 is 2.42 bits per heavy atom. The standard InChI is InChI=1S/C12H18N6O/c1-2-17(8-9-18-7-3-5-15-18)12(19)13-10-11-4-6-14-16-11/h3-7H,2,8-10H2,1H3,(H,13,19)(H,14,16). The van der Waals surface area contributed by atoms with E-state index < -0.39 is 0 Å². The van der Waals surface area contributed by atoms with Gasteiger partial charge in [0.05, 0.1) is 18.8 Å². The number of amides is 2. The molecule has 7 heteroatoms.